The topological polar surface area (TPSA) is 95.9 Å². The van der Waals surface area contributed by atoms with Gasteiger partial charge in [-0.15, -0.1) is 0 Å². The van der Waals surface area contributed by atoms with Crippen molar-refractivity contribution in [2.45, 2.75) is 26.4 Å². The molecule has 126 valence electrons. The minimum Gasteiger partial charge on any atom is -0.507 e. The standard InChI is InChI=1S/C18H19NO5/c1-18(2,3)24-17(23)19-13-7-4-11(5-8-13)12-6-9-14(16(21)22)15(20)10-12/h4-10,20H,1-3H3,(H,19,23)(H,21,22). The third-order valence-electron chi connectivity index (χ3n) is 3.09. The van der Waals surface area contributed by atoms with E-state index in [1.54, 1.807) is 51.1 Å². The number of rotatable bonds is 3. The summed E-state index contributed by atoms with van der Waals surface area (Å²) in [5.41, 5.74) is 1.28. The van der Waals surface area contributed by atoms with Crippen LogP contribution in [0.4, 0.5) is 10.5 Å². The van der Waals surface area contributed by atoms with Crippen LogP contribution in [-0.2, 0) is 4.74 Å². The van der Waals surface area contributed by atoms with Crippen LogP contribution in [0.5, 0.6) is 5.75 Å². The van der Waals surface area contributed by atoms with Crippen LogP contribution in [0, 0.1) is 0 Å². The van der Waals surface area contributed by atoms with E-state index in [1.165, 1.54) is 12.1 Å². The molecular formula is C18H19NO5. The third-order valence-corrected chi connectivity index (χ3v) is 3.09. The Hall–Kier alpha value is -3.02. The maximum atomic E-state index is 11.7. The predicted molar refractivity (Wildman–Crippen MR) is 90.4 cm³/mol. The van der Waals surface area contributed by atoms with Gasteiger partial charge >= 0.3 is 12.1 Å². The molecule has 0 aromatic heterocycles. The minimum absolute atomic E-state index is 0.151. The molecule has 0 aliphatic rings. The van der Waals surface area contributed by atoms with Crippen molar-refractivity contribution in [3.8, 4) is 16.9 Å². The Morgan fingerprint density at radius 3 is 2.08 bits per heavy atom. The number of hydrogen-bond acceptors (Lipinski definition) is 4. The van der Waals surface area contributed by atoms with Crippen molar-refractivity contribution in [2.75, 3.05) is 5.32 Å². The van der Waals surface area contributed by atoms with Gasteiger partial charge in [0.1, 0.15) is 16.9 Å². The summed E-state index contributed by atoms with van der Waals surface area (Å²) in [4.78, 5) is 22.6. The number of amides is 1. The number of carboxylic acids is 1. The largest absolute Gasteiger partial charge is 0.507 e. The van der Waals surface area contributed by atoms with Gasteiger partial charge in [0.05, 0.1) is 0 Å². The molecule has 2 aromatic carbocycles. The highest BCUT2D eigenvalue weighted by Gasteiger charge is 2.16. The Labute approximate surface area is 139 Å². The molecule has 6 nitrogen and oxygen atoms in total. The molecule has 0 saturated carbocycles. The van der Waals surface area contributed by atoms with Crippen molar-refractivity contribution in [3.05, 3.63) is 48.0 Å². The van der Waals surface area contributed by atoms with Crippen molar-refractivity contribution in [3.63, 3.8) is 0 Å². The van der Waals surface area contributed by atoms with E-state index in [2.05, 4.69) is 5.32 Å². The maximum Gasteiger partial charge on any atom is 0.412 e. The Morgan fingerprint density at radius 2 is 1.58 bits per heavy atom. The fraction of sp³-hybridized carbons (Fsp3) is 0.222. The molecular weight excluding hydrogens is 310 g/mol. The van der Waals surface area contributed by atoms with Gasteiger partial charge in [-0.1, -0.05) is 18.2 Å². The van der Waals surface area contributed by atoms with Crippen molar-refractivity contribution in [2.24, 2.45) is 0 Å². The number of carbonyl (C=O) groups excluding carboxylic acids is 1. The summed E-state index contributed by atoms with van der Waals surface area (Å²) in [7, 11) is 0. The number of carboxylic acid groups (broad SMARTS) is 1. The van der Waals surface area contributed by atoms with E-state index >= 15 is 0 Å². The van der Waals surface area contributed by atoms with Gasteiger partial charge in [0.25, 0.3) is 0 Å². The van der Waals surface area contributed by atoms with Gasteiger partial charge in [-0.2, -0.15) is 0 Å². The average molecular weight is 329 g/mol. The van der Waals surface area contributed by atoms with Crippen LogP contribution in [0.2, 0.25) is 0 Å². The van der Waals surface area contributed by atoms with Gasteiger partial charge in [0, 0.05) is 5.69 Å². The lowest BCUT2D eigenvalue weighted by atomic mass is 10.0. The molecule has 1 amide bonds. The first kappa shape index (κ1) is 17.3. The Bertz CT molecular complexity index is 760. The molecule has 24 heavy (non-hydrogen) atoms. The van der Waals surface area contributed by atoms with Gasteiger partial charge in [-0.3, -0.25) is 5.32 Å². The van der Waals surface area contributed by atoms with Crippen LogP contribution in [0.1, 0.15) is 31.1 Å². The van der Waals surface area contributed by atoms with Crippen LogP contribution < -0.4 is 5.32 Å². The number of hydrogen-bond donors (Lipinski definition) is 3. The molecule has 0 bridgehead atoms. The zero-order valence-corrected chi connectivity index (χ0v) is 13.7. The summed E-state index contributed by atoms with van der Waals surface area (Å²) in [5.74, 6) is -1.48. The molecule has 2 rings (SSSR count). The monoisotopic (exact) mass is 329 g/mol. The summed E-state index contributed by atoms with van der Waals surface area (Å²) >= 11 is 0. The lowest BCUT2D eigenvalue weighted by Crippen LogP contribution is -2.27. The smallest absolute Gasteiger partial charge is 0.412 e. The Kier molecular flexibility index (Phi) is 4.78. The van der Waals surface area contributed by atoms with Crippen molar-refractivity contribution >= 4 is 17.7 Å². The van der Waals surface area contributed by atoms with Crippen LogP contribution in [0.15, 0.2) is 42.5 Å². The van der Waals surface area contributed by atoms with E-state index in [0.717, 1.165) is 5.56 Å². The van der Waals surface area contributed by atoms with E-state index in [-0.39, 0.29) is 11.3 Å². The van der Waals surface area contributed by atoms with E-state index in [4.69, 9.17) is 9.84 Å². The number of nitrogens with one attached hydrogen (secondary N) is 1. The molecule has 0 unspecified atom stereocenters. The fourth-order valence-corrected chi connectivity index (χ4v) is 2.06. The molecule has 0 fully saturated rings. The number of aromatic hydroxyl groups is 1. The second kappa shape index (κ2) is 6.62. The fourth-order valence-electron chi connectivity index (χ4n) is 2.06. The SMILES string of the molecule is CC(C)(C)OC(=O)Nc1ccc(-c2ccc(C(=O)O)c(O)c2)cc1. The van der Waals surface area contributed by atoms with Crippen molar-refractivity contribution < 1.29 is 24.5 Å². The van der Waals surface area contributed by atoms with Gasteiger partial charge in [-0.05, 0) is 56.2 Å². The second-order valence-electron chi connectivity index (χ2n) is 6.24. The zero-order chi connectivity index (χ0) is 17.9. The van der Waals surface area contributed by atoms with Gasteiger partial charge in [0.15, 0.2) is 0 Å². The minimum atomic E-state index is -1.18. The van der Waals surface area contributed by atoms with Crippen LogP contribution in [-0.4, -0.2) is 27.9 Å². The molecule has 6 heteroatoms. The molecule has 0 atom stereocenters. The van der Waals surface area contributed by atoms with Gasteiger partial charge in [-0.25, -0.2) is 9.59 Å². The highest BCUT2D eigenvalue weighted by molar-refractivity contribution is 5.92. The number of anilines is 1. The Morgan fingerprint density at radius 1 is 1.00 bits per heavy atom. The quantitative estimate of drug-likeness (QED) is 0.787. The highest BCUT2D eigenvalue weighted by atomic mass is 16.6. The molecule has 0 heterocycles. The first-order valence-corrected chi connectivity index (χ1v) is 7.32. The van der Waals surface area contributed by atoms with Gasteiger partial charge < -0.3 is 14.9 Å². The third kappa shape index (κ3) is 4.49. The average Bonchev–Trinajstić information content (AvgIpc) is 2.45. The summed E-state index contributed by atoms with van der Waals surface area (Å²) in [6, 6.07) is 11.2. The first-order chi connectivity index (χ1) is 11.2. The van der Waals surface area contributed by atoms with E-state index in [9.17, 15) is 14.7 Å². The molecule has 0 spiro atoms. The number of ether oxygens (including phenoxy) is 1. The lowest BCUT2D eigenvalue weighted by molar-refractivity contribution is 0.0634. The van der Waals surface area contributed by atoms with Crippen molar-refractivity contribution in [1.29, 1.82) is 0 Å². The lowest BCUT2D eigenvalue weighted by Gasteiger charge is -2.19. The number of benzene rings is 2. The summed E-state index contributed by atoms with van der Waals surface area (Å²) in [6.45, 7) is 5.34. The van der Waals surface area contributed by atoms with Crippen molar-refractivity contribution in [1.82, 2.24) is 0 Å². The van der Waals surface area contributed by atoms with E-state index in [0.29, 0.717) is 11.3 Å². The summed E-state index contributed by atoms with van der Waals surface area (Å²) < 4.78 is 5.17. The maximum absolute atomic E-state index is 11.7. The molecule has 2 aromatic rings. The molecule has 0 aliphatic carbocycles. The molecule has 0 aliphatic heterocycles. The first-order valence-electron chi connectivity index (χ1n) is 7.32. The molecule has 0 radical (unpaired) electrons. The van der Waals surface area contributed by atoms with E-state index in [1.807, 2.05) is 0 Å². The summed E-state index contributed by atoms with van der Waals surface area (Å²) in [5, 5.41) is 21.3. The summed E-state index contributed by atoms with van der Waals surface area (Å²) in [6.07, 6.45) is -0.543. The second-order valence-corrected chi connectivity index (χ2v) is 6.24. The van der Waals surface area contributed by atoms with Gasteiger partial charge in [0.2, 0.25) is 0 Å². The Balaban J connectivity index is 2.13. The highest BCUT2D eigenvalue weighted by Crippen LogP contribution is 2.27. The van der Waals surface area contributed by atoms with E-state index < -0.39 is 17.7 Å². The van der Waals surface area contributed by atoms with Crippen LogP contribution in [0.25, 0.3) is 11.1 Å². The molecule has 0 saturated heterocycles. The number of aromatic carboxylic acids is 1. The zero-order valence-electron chi connectivity index (χ0n) is 13.7. The normalized spacial score (nSPS) is 11.0. The van der Waals surface area contributed by atoms with Crippen LogP contribution >= 0.6 is 0 Å². The predicted octanol–water partition coefficient (Wildman–Crippen LogP) is 4.10. The number of carbonyl (C=O) groups is 2. The number of phenols is 1. The molecule has 3 N–H and O–H groups in total. The van der Waals surface area contributed by atoms with Crippen LogP contribution in [0.3, 0.4) is 0 Å².